The topological polar surface area (TPSA) is 42.9 Å². The Hall–Kier alpha value is -6.69. The van der Waals surface area contributed by atoms with Crippen LogP contribution in [-0.2, 0) is 6.42 Å². The minimum Gasteiger partial charge on any atom is -0.357 e. The van der Waals surface area contributed by atoms with E-state index in [9.17, 15) is 0 Å². The molecular formula is C61H55N5. The van der Waals surface area contributed by atoms with Crippen molar-refractivity contribution in [1.82, 2.24) is 10.6 Å². The summed E-state index contributed by atoms with van der Waals surface area (Å²) in [7, 11) is 0. The Labute approximate surface area is 388 Å². The summed E-state index contributed by atoms with van der Waals surface area (Å²) in [5, 5.41) is 10.6. The van der Waals surface area contributed by atoms with Crippen LogP contribution in [-0.4, -0.2) is 36.3 Å². The number of nitrogens with one attached hydrogen (secondary N) is 2. The van der Waals surface area contributed by atoms with Crippen LogP contribution in [0, 0.1) is 23.7 Å². The van der Waals surface area contributed by atoms with Gasteiger partial charge in [-0.1, -0.05) is 182 Å². The first-order chi connectivity index (χ1) is 32.8. The summed E-state index contributed by atoms with van der Waals surface area (Å²) < 4.78 is 0. The summed E-state index contributed by atoms with van der Waals surface area (Å²) in [6, 6.07) is 17.2. The van der Waals surface area contributed by atoms with E-state index >= 15 is 0 Å². The van der Waals surface area contributed by atoms with Crippen molar-refractivity contribution >= 4 is 39.7 Å². The van der Waals surface area contributed by atoms with E-state index in [4.69, 9.17) is 4.99 Å². The second kappa shape index (κ2) is 15.5. The van der Waals surface area contributed by atoms with Gasteiger partial charge in [-0.15, -0.1) is 0 Å². The zero-order valence-corrected chi connectivity index (χ0v) is 37.2. The zero-order chi connectivity index (χ0) is 43.3. The van der Waals surface area contributed by atoms with Crippen LogP contribution in [0.4, 0.5) is 17.1 Å². The Morgan fingerprint density at radius 1 is 0.636 bits per heavy atom. The number of rotatable bonds is 5. The second-order valence-electron chi connectivity index (χ2n) is 19.8. The first kappa shape index (κ1) is 38.6. The molecule has 0 aromatic heterocycles. The summed E-state index contributed by atoms with van der Waals surface area (Å²) in [6.07, 6.45) is 63.9. The molecule has 11 unspecified atom stereocenters. The van der Waals surface area contributed by atoms with Crippen LogP contribution in [0.3, 0.4) is 0 Å². The number of anilines is 3. The molecule has 11 aliphatic rings. The molecule has 5 heteroatoms. The molecule has 3 aromatic carbocycles. The van der Waals surface area contributed by atoms with Gasteiger partial charge in [0, 0.05) is 63.4 Å². The van der Waals surface area contributed by atoms with E-state index in [2.05, 4.69) is 215 Å². The number of allylic oxidation sites excluding steroid dienone is 17. The van der Waals surface area contributed by atoms with Crippen molar-refractivity contribution in [2.75, 3.05) is 9.80 Å². The van der Waals surface area contributed by atoms with Crippen LogP contribution >= 0.6 is 0 Å². The maximum Gasteiger partial charge on any atom is 0.131 e. The highest BCUT2D eigenvalue weighted by molar-refractivity contribution is 6.05. The van der Waals surface area contributed by atoms with Crippen LogP contribution in [0.25, 0.3) is 16.8 Å². The Kier molecular flexibility index (Phi) is 9.03. The second-order valence-corrected chi connectivity index (χ2v) is 19.8. The van der Waals surface area contributed by atoms with Gasteiger partial charge in [-0.05, 0) is 77.5 Å². The van der Waals surface area contributed by atoms with Crippen LogP contribution in [0.5, 0.6) is 0 Å². The van der Waals surface area contributed by atoms with E-state index in [1.54, 1.807) is 0 Å². The van der Waals surface area contributed by atoms with Gasteiger partial charge >= 0.3 is 0 Å². The summed E-state index contributed by atoms with van der Waals surface area (Å²) in [5.41, 5.74) is 14.0. The van der Waals surface area contributed by atoms with Crippen molar-refractivity contribution in [2.24, 2.45) is 28.7 Å². The molecule has 324 valence electrons. The van der Waals surface area contributed by atoms with Crippen molar-refractivity contribution in [2.45, 2.75) is 74.4 Å². The highest BCUT2D eigenvalue weighted by Crippen LogP contribution is 2.59. The predicted octanol–water partition coefficient (Wildman–Crippen LogP) is 12.4. The van der Waals surface area contributed by atoms with Crippen LogP contribution in [0.15, 0.2) is 210 Å². The highest BCUT2D eigenvalue weighted by Gasteiger charge is 2.49. The molecule has 3 aromatic rings. The molecule has 0 fully saturated rings. The smallest absolute Gasteiger partial charge is 0.131 e. The van der Waals surface area contributed by atoms with Gasteiger partial charge in [-0.3, -0.25) is 5.32 Å². The number of fused-ring (bicyclic) bond motifs is 11. The normalized spacial score (nSPS) is 33.3. The lowest BCUT2D eigenvalue weighted by Gasteiger charge is -2.44. The lowest BCUT2D eigenvalue weighted by molar-refractivity contribution is 0.331. The Morgan fingerprint density at radius 3 is 2.35 bits per heavy atom. The number of hydrogen-bond donors (Lipinski definition) is 2. The zero-order valence-electron chi connectivity index (χ0n) is 37.2. The van der Waals surface area contributed by atoms with Crippen molar-refractivity contribution in [3.63, 3.8) is 0 Å². The summed E-state index contributed by atoms with van der Waals surface area (Å²) in [6.45, 7) is 0. The summed E-state index contributed by atoms with van der Waals surface area (Å²) in [5.74, 6) is 2.83. The van der Waals surface area contributed by atoms with Gasteiger partial charge in [0.05, 0.1) is 30.0 Å². The fourth-order valence-electron chi connectivity index (χ4n) is 13.6. The molecule has 3 heterocycles. The lowest BCUT2D eigenvalue weighted by atomic mass is 9.76. The molecular weight excluding hydrogens is 803 g/mol. The maximum atomic E-state index is 5.64. The number of amidine groups is 1. The third kappa shape index (κ3) is 5.91. The fraction of sp³-hybridized carbons (Fsp3) is 0.262. The minimum atomic E-state index is -0.131. The molecule has 11 atom stereocenters. The number of aliphatic imine (C=N–C) groups is 1. The average molecular weight is 858 g/mol. The Morgan fingerprint density at radius 2 is 1.44 bits per heavy atom. The van der Waals surface area contributed by atoms with E-state index in [1.165, 1.54) is 66.8 Å². The van der Waals surface area contributed by atoms with E-state index in [1.807, 2.05) is 0 Å². The summed E-state index contributed by atoms with van der Waals surface area (Å²) >= 11 is 0. The molecule has 14 rings (SSSR count). The van der Waals surface area contributed by atoms with Gasteiger partial charge in [-0.2, -0.15) is 0 Å². The molecule has 0 amide bonds. The van der Waals surface area contributed by atoms with Crippen molar-refractivity contribution in [3.05, 3.63) is 227 Å². The molecule has 66 heavy (non-hydrogen) atoms. The monoisotopic (exact) mass is 857 g/mol. The summed E-state index contributed by atoms with van der Waals surface area (Å²) in [4.78, 5) is 11.2. The third-order valence-electron chi connectivity index (χ3n) is 16.5. The molecule has 0 bridgehead atoms. The van der Waals surface area contributed by atoms with Crippen molar-refractivity contribution in [1.29, 1.82) is 0 Å². The Bertz CT molecular complexity index is 3060. The first-order valence-corrected chi connectivity index (χ1v) is 24.7. The first-order valence-electron chi connectivity index (χ1n) is 24.7. The average Bonchev–Trinajstić information content (AvgIpc) is 3.90. The molecule has 0 saturated heterocycles. The van der Waals surface area contributed by atoms with E-state index in [0.717, 1.165) is 37.9 Å². The maximum absolute atomic E-state index is 5.64. The predicted molar refractivity (Wildman–Crippen MR) is 274 cm³/mol. The molecule has 0 radical (unpaired) electrons. The molecule has 2 N–H and O–H groups in total. The SMILES string of the molecule is C1=CCC(C2NC(C3=C4C=CCCC4C(N4c5cc6ccccc6c(N6c7ccc8c(c7C7C=CC=CC76)CCC=C8)c5C5C=CC=CC54)C=C3)=NC(C3=CC=CC4C=CC=CC34)N2)C=C1. The molecule has 5 nitrogen and oxygen atoms in total. The Balaban J connectivity index is 0.899. The molecule has 0 spiro atoms. The van der Waals surface area contributed by atoms with Gasteiger partial charge in [0.2, 0.25) is 0 Å². The van der Waals surface area contributed by atoms with Crippen LogP contribution < -0.4 is 20.4 Å². The van der Waals surface area contributed by atoms with Gasteiger partial charge in [0.15, 0.2) is 0 Å². The minimum absolute atomic E-state index is 0.0474. The lowest BCUT2D eigenvalue weighted by Crippen LogP contribution is -2.59. The van der Waals surface area contributed by atoms with Crippen LogP contribution in [0.2, 0.25) is 0 Å². The molecule has 0 saturated carbocycles. The number of benzene rings is 3. The van der Waals surface area contributed by atoms with E-state index in [-0.39, 0.29) is 36.4 Å². The highest BCUT2D eigenvalue weighted by atomic mass is 15.3. The van der Waals surface area contributed by atoms with E-state index in [0.29, 0.717) is 29.6 Å². The third-order valence-corrected chi connectivity index (χ3v) is 16.5. The molecule has 8 aliphatic carbocycles. The van der Waals surface area contributed by atoms with Crippen molar-refractivity contribution in [3.8, 4) is 0 Å². The fourth-order valence-corrected chi connectivity index (χ4v) is 13.6. The van der Waals surface area contributed by atoms with E-state index < -0.39 is 0 Å². The quantitative estimate of drug-likeness (QED) is 0.268. The number of nitrogens with zero attached hydrogens (tertiary/aromatic N) is 3. The van der Waals surface area contributed by atoms with Gasteiger partial charge in [0.25, 0.3) is 0 Å². The standard InChI is InChI=1S/C61H55N5/c1-2-19-40(20-3-1)59-62-60(47-30-16-22-38-17-4-7-23-42(38)47)64-61(63-59)48-34-36-53(46-27-11-10-26-45(46)48)65-51-31-14-13-29-50(51)57-55(65)37-41-21-6-9-25-44(41)58(57)66-52-32-15-12-28-49(52)56-43-24-8-5-18-39(43)33-35-54(56)66/h1-7,9-10,12-19,21-23,25-26,28-38,40,42,46,49-53,59-60,62H,8,11,20,24,27H2,(H,63,64). The van der Waals surface area contributed by atoms with Crippen molar-refractivity contribution < 1.29 is 0 Å². The molecule has 3 aliphatic heterocycles. The van der Waals surface area contributed by atoms with Gasteiger partial charge < -0.3 is 15.1 Å². The van der Waals surface area contributed by atoms with Gasteiger partial charge in [-0.25, -0.2) is 4.99 Å². The number of hydrogen-bond acceptors (Lipinski definition) is 5. The van der Waals surface area contributed by atoms with Gasteiger partial charge in [0.1, 0.15) is 12.0 Å². The van der Waals surface area contributed by atoms with Crippen LogP contribution in [0.1, 0.15) is 59.8 Å². The largest absolute Gasteiger partial charge is 0.357 e.